The van der Waals surface area contributed by atoms with Gasteiger partial charge in [0.25, 0.3) is 5.91 Å². The molecule has 2 amide bonds. The van der Waals surface area contributed by atoms with Crippen molar-refractivity contribution in [2.75, 3.05) is 26.2 Å². The molecule has 23 heavy (non-hydrogen) atoms. The molecule has 2 rings (SSSR count). The van der Waals surface area contributed by atoms with Crippen molar-refractivity contribution in [3.63, 3.8) is 0 Å². The normalized spacial score (nSPS) is 18.2. The number of hydrogen-bond acceptors (Lipinski definition) is 3. The minimum absolute atomic E-state index is 0.0137. The number of amides is 2. The van der Waals surface area contributed by atoms with Gasteiger partial charge in [0.05, 0.1) is 26.8 Å². The number of piperazine rings is 1. The Labute approximate surface area is 148 Å². The molecule has 0 aliphatic carbocycles. The molecule has 126 valence electrons. The lowest BCUT2D eigenvalue weighted by Crippen LogP contribution is -2.57. The van der Waals surface area contributed by atoms with Gasteiger partial charge in [-0.1, -0.05) is 11.6 Å². The molecular weight excluding hydrogens is 449 g/mol. The Hall–Kier alpha value is -1.20. The molecule has 1 atom stereocenters. The van der Waals surface area contributed by atoms with Gasteiger partial charge in [0, 0.05) is 19.6 Å². The van der Waals surface area contributed by atoms with E-state index in [9.17, 15) is 23.5 Å². The number of carbonyl (C=O) groups is 2. The van der Waals surface area contributed by atoms with E-state index < -0.39 is 46.9 Å². The van der Waals surface area contributed by atoms with Crippen LogP contribution in [0.5, 0.6) is 0 Å². The summed E-state index contributed by atoms with van der Waals surface area (Å²) in [6, 6.07) is -0.0866. The first-order valence-corrected chi connectivity index (χ1v) is 7.96. The van der Waals surface area contributed by atoms with Crippen molar-refractivity contribution < 1.29 is 28.6 Å². The zero-order valence-corrected chi connectivity index (χ0v) is 14.5. The molecule has 1 aliphatic heterocycles. The Balaban J connectivity index is 2.32. The van der Waals surface area contributed by atoms with Gasteiger partial charge in [0.2, 0.25) is 0 Å². The predicted molar refractivity (Wildman–Crippen MR) is 85.6 cm³/mol. The molecule has 1 aliphatic rings. The van der Waals surface area contributed by atoms with Crippen LogP contribution in [0.15, 0.2) is 6.07 Å². The van der Waals surface area contributed by atoms with Crippen molar-refractivity contribution in [3.05, 3.63) is 31.9 Å². The summed E-state index contributed by atoms with van der Waals surface area (Å²) in [5, 5.41) is 17.8. The Kier molecular flexibility index (Phi) is 5.63. The van der Waals surface area contributed by atoms with Crippen LogP contribution in [0.3, 0.4) is 0 Å². The number of carbonyl (C=O) groups excluding carboxylic acids is 1. The molecule has 0 saturated carbocycles. The summed E-state index contributed by atoms with van der Waals surface area (Å²) in [7, 11) is 0. The third-order valence-electron chi connectivity index (χ3n) is 3.56. The molecule has 6 nitrogen and oxygen atoms in total. The SMILES string of the molecule is O=C(O)N1CCN(C(=O)c2cc(F)c(I)c(Cl)c2F)[C@H](CO)C1. The van der Waals surface area contributed by atoms with Crippen molar-refractivity contribution in [1.82, 2.24) is 9.80 Å². The van der Waals surface area contributed by atoms with E-state index in [0.29, 0.717) is 0 Å². The minimum Gasteiger partial charge on any atom is -0.465 e. The number of carboxylic acid groups (broad SMARTS) is 1. The van der Waals surface area contributed by atoms with E-state index in [4.69, 9.17) is 16.7 Å². The van der Waals surface area contributed by atoms with Gasteiger partial charge >= 0.3 is 6.09 Å². The van der Waals surface area contributed by atoms with E-state index in [1.165, 1.54) is 22.6 Å². The van der Waals surface area contributed by atoms with Crippen molar-refractivity contribution in [3.8, 4) is 0 Å². The minimum atomic E-state index is -1.18. The van der Waals surface area contributed by atoms with Crippen molar-refractivity contribution in [1.29, 1.82) is 0 Å². The zero-order chi connectivity index (χ0) is 17.3. The van der Waals surface area contributed by atoms with Gasteiger partial charge in [0.1, 0.15) is 5.82 Å². The summed E-state index contributed by atoms with van der Waals surface area (Å²) in [6.07, 6.45) is -1.18. The van der Waals surface area contributed by atoms with E-state index in [1.807, 2.05) is 0 Å². The van der Waals surface area contributed by atoms with Crippen LogP contribution < -0.4 is 0 Å². The highest BCUT2D eigenvalue weighted by Crippen LogP contribution is 2.28. The maximum Gasteiger partial charge on any atom is 0.407 e. The second-order valence-electron chi connectivity index (χ2n) is 4.91. The molecule has 2 N–H and O–H groups in total. The van der Waals surface area contributed by atoms with Gasteiger partial charge in [-0.3, -0.25) is 4.79 Å². The van der Waals surface area contributed by atoms with Gasteiger partial charge in [-0.05, 0) is 28.7 Å². The highest BCUT2D eigenvalue weighted by molar-refractivity contribution is 14.1. The van der Waals surface area contributed by atoms with Crippen LogP contribution in [-0.4, -0.2) is 64.3 Å². The Morgan fingerprint density at radius 1 is 1.39 bits per heavy atom. The van der Waals surface area contributed by atoms with Crippen LogP contribution in [0.4, 0.5) is 13.6 Å². The fraction of sp³-hybridized carbons (Fsp3) is 0.385. The lowest BCUT2D eigenvalue weighted by atomic mass is 10.1. The second-order valence-corrected chi connectivity index (χ2v) is 6.37. The van der Waals surface area contributed by atoms with Crippen molar-refractivity contribution >= 4 is 46.2 Å². The van der Waals surface area contributed by atoms with Crippen molar-refractivity contribution in [2.45, 2.75) is 6.04 Å². The number of benzene rings is 1. The summed E-state index contributed by atoms with van der Waals surface area (Å²) in [5.74, 6) is -2.71. The standard InChI is InChI=1S/C13H12ClF2IN2O4/c14-9-10(16)7(3-8(15)11(9)17)12(21)19-2-1-18(13(22)23)4-6(19)5-20/h3,6,20H,1-2,4-5H2,(H,22,23)/t6-/m0/s1. The molecule has 0 spiro atoms. The average Bonchev–Trinajstić information content (AvgIpc) is 2.54. The lowest BCUT2D eigenvalue weighted by Gasteiger charge is -2.39. The molecule has 1 saturated heterocycles. The second kappa shape index (κ2) is 7.14. The molecule has 0 bridgehead atoms. The van der Waals surface area contributed by atoms with Gasteiger partial charge in [0.15, 0.2) is 5.82 Å². The third kappa shape index (κ3) is 3.50. The van der Waals surface area contributed by atoms with Gasteiger partial charge in [-0.2, -0.15) is 0 Å². The first-order chi connectivity index (χ1) is 10.8. The molecule has 0 unspecified atom stereocenters. The summed E-state index contributed by atoms with van der Waals surface area (Å²) >= 11 is 7.20. The Morgan fingerprint density at radius 3 is 2.61 bits per heavy atom. The number of nitrogens with zero attached hydrogens (tertiary/aromatic N) is 2. The van der Waals surface area contributed by atoms with Gasteiger partial charge in [-0.15, -0.1) is 0 Å². The third-order valence-corrected chi connectivity index (χ3v) is 5.29. The summed E-state index contributed by atoms with van der Waals surface area (Å²) in [4.78, 5) is 25.6. The van der Waals surface area contributed by atoms with Crippen LogP contribution in [-0.2, 0) is 0 Å². The smallest absolute Gasteiger partial charge is 0.407 e. The number of hydrogen-bond donors (Lipinski definition) is 2. The van der Waals surface area contributed by atoms with E-state index >= 15 is 0 Å². The molecule has 1 heterocycles. The first-order valence-electron chi connectivity index (χ1n) is 6.50. The largest absolute Gasteiger partial charge is 0.465 e. The fourth-order valence-electron chi connectivity index (χ4n) is 2.34. The molecule has 10 heteroatoms. The highest BCUT2D eigenvalue weighted by atomic mass is 127. The number of aliphatic hydroxyl groups is 1. The van der Waals surface area contributed by atoms with Crippen LogP contribution in [0, 0.1) is 15.2 Å². The molecule has 1 fully saturated rings. The summed E-state index contributed by atoms with van der Waals surface area (Å²) in [6.45, 7) is -0.641. The topological polar surface area (TPSA) is 81.1 Å². The van der Waals surface area contributed by atoms with Crippen LogP contribution in [0.25, 0.3) is 0 Å². The molecule has 0 aromatic heterocycles. The predicted octanol–water partition coefficient (Wildman–Crippen LogP) is 2.02. The summed E-state index contributed by atoms with van der Waals surface area (Å²) in [5.41, 5.74) is -0.546. The van der Waals surface area contributed by atoms with Gasteiger partial charge in [-0.25, -0.2) is 13.6 Å². The molecule has 0 radical (unpaired) electrons. The van der Waals surface area contributed by atoms with E-state index in [0.717, 1.165) is 15.9 Å². The van der Waals surface area contributed by atoms with Crippen LogP contribution in [0.1, 0.15) is 10.4 Å². The highest BCUT2D eigenvalue weighted by Gasteiger charge is 2.34. The van der Waals surface area contributed by atoms with Crippen LogP contribution in [0.2, 0.25) is 5.02 Å². The molecule has 1 aromatic carbocycles. The quantitative estimate of drug-likeness (QED) is 0.402. The van der Waals surface area contributed by atoms with Crippen molar-refractivity contribution in [2.24, 2.45) is 0 Å². The van der Waals surface area contributed by atoms with Gasteiger partial charge < -0.3 is 20.0 Å². The maximum absolute atomic E-state index is 14.2. The van der Waals surface area contributed by atoms with E-state index in [-0.39, 0.29) is 23.2 Å². The number of halogens is 4. The number of aliphatic hydroxyl groups excluding tert-OH is 1. The maximum atomic E-state index is 14.2. The number of rotatable bonds is 2. The molecular formula is C13H12ClF2IN2O4. The summed E-state index contributed by atoms with van der Waals surface area (Å²) < 4.78 is 27.8. The zero-order valence-electron chi connectivity index (χ0n) is 11.6. The van der Waals surface area contributed by atoms with E-state index in [1.54, 1.807) is 0 Å². The molecule has 1 aromatic rings. The fourth-order valence-corrected chi connectivity index (χ4v) is 2.92. The monoisotopic (exact) mass is 460 g/mol. The lowest BCUT2D eigenvalue weighted by molar-refractivity contribution is 0.0306. The van der Waals surface area contributed by atoms with E-state index in [2.05, 4.69) is 0 Å². The Bertz CT molecular complexity index is 661. The average molecular weight is 461 g/mol. The van der Waals surface area contributed by atoms with Crippen LogP contribution >= 0.6 is 34.2 Å². The first kappa shape index (κ1) is 18.1. The Morgan fingerprint density at radius 2 is 2.04 bits per heavy atom.